The maximum atomic E-state index is 12.6. The van der Waals surface area contributed by atoms with E-state index >= 15 is 0 Å². The van der Waals surface area contributed by atoms with Gasteiger partial charge in [-0.05, 0) is 38.4 Å². The molecule has 0 heterocycles. The van der Waals surface area contributed by atoms with Crippen LogP contribution in [0.2, 0.25) is 0 Å². The summed E-state index contributed by atoms with van der Waals surface area (Å²) in [6.07, 6.45) is 2.63. The zero-order chi connectivity index (χ0) is 20.9. The molecule has 0 aliphatic rings. The predicted octanol–water partition coefficient (Wildman–Crippen LogP) is 4.05. The highest BCUT2D eigenvalue weighted by Gasteiger charge is 2.38. The van der Waals surface area contributed by atoms with E-state index in [1.54, 1.807) is 37.7 Å². The van der Waals surface area contributed by atoms with Gasteiger partial charge >= 0.3 is 6.15 Å². The molecule has 26 heavy (non-hydrogen) atoms. The van der Waals surface area contributed by atoms with Crippen molar-refractivity contribution >= 4 is 57.1 Å². The Hall–Kier alpha value is -0.690. The summed E-state index contributed by atoms with van der Waals surface area (Å²) in [7, 11) is 3.56. The second-order valence-electron chi connectivity index (χ2n) is 6.54. The van der Waals surface area contributed by atoms with Crippen molar-refractivity contribution in [3.8, 4) is 0 Å². The third-order valence-electron chi connectivity index (χ3n) is 4.13. The quantitative estimate of drug-likeness (QED) is 0.520. The van der Waals surface area contributed by atoms with Crippen LogP contribution >= 0.6 is 35.7 Å². The lowest BCUT2D eigenvalue weighted by Crippen LogP contribution is -2.39. The van der Waals surface area contributed by atoms with Crippen molar-refractivity contribution in [1.82, 2.24) is 4.90 Å². The van der Waals surface area contributed by atoms with E-state index in [4.69, 9.17) is 21.8 Å². The fourth-order valence-electron chi connectivity index (χ4n) is 2.35. The Balaban J connectivity index is 0. The van der Waals surface area contributed by atoms with Gasteiger partial charge in [0.2, 0.25) is 5.91 Å². The largest absolute Gasteiger partial charge is 0.373 e. The molecule has 150 valence electrons. The molecule has 0 rings (SSSR count). The molecule has 0 radical (unpaired) electrons. The van der Waals surface area contributed by atoms with Gasteiger partial charge in [0, 0.05) is 20.0 Å². The van der Waals surface area contributed by atoms with E-state index in [2.05, 4.69) is 13.8 Å². The topological polar surface area (TPSA) is 71.5 Å². The summed E-state index contributed by atoms with van der Waals surface area (Å²) < 4.78 is 0.146. The molecule has 1 amide bonds. The van der Waals surface area contributed by atoms with Gasteiger partial charge in [-0.15, -0.1) is 11.8 Å². The number of ketones is 1. The van der Waals surface area contributed by atoms with E-state index in [1.807, 2.05) is 13.8 Å². The van der Waals surface area contributed by atoms with Gasteiger partial charge in [-0.1, -0.05) is 51.2 Å². The molecule has 0 spiro atoms. The van der Waals surface area contributed by atoms with Gasteiger partial charge in [0.15, 0.2) is 0 Å². The Morgan fingerprint density at radius 3 is 2.08 bits per heavy atom. The van der Waals surface area contributed by atoms with Crippen molar-refractivity contribution in [2.24, 2.45) is 11.8 Å². The first-order valence-electron chi connectivity index (χ1n) is 8.56. The Bertz CT molecular complexity index is 505. The Kier molecular flexibility index (Phi) is 15.2. The number of hydrogen-bond donors (Lipinski definition) is 0. The molecule has 8 heteroatoms. The van der Waals surface area contributed by atoms with Crippen LogP contribution < -0.4 is 0 Å². The molecule has 0 aliphatic heterocycles. The number of thioether (sulfide) groups is 2. The van der Waals surface area contributed by atoms with E-state index in [0.29, 0.717) is 12.3 Å². The van der Waals surface area contributed by atoms with Crippen LogP contribution in [0.15, 0.2) is 0 Å². The number of Topliss-reactive ketones (excluding diaryl/α,β-unsaturated/α-hetero) is 1. The van der Waals surface area contributed by atoms with E-state index in [1.165, 1.54) is 11.8 Å². The lowest BCUT2D eigenvalue weighted by Gasteiger charge is -2.32. The van der Waals surface area contributed by atoms with E-state index in [0.717, 1.165) is 22.1 Å². The maximum Gasteiger partial charge on any atom is 0.373 e. The van der Waals surface area contributed by atoms with Crippen molar-refractivity contribution in [2.45, 2.75) is 58.6 Å². The van der Waals surface area contributed by atoms with Gasteiger partial charge in [0.1, 0.15) is 9.31 Å². The molecular formula is C18H31NO4S3. The number of amides is 1. The first-order chi connectivity index (χ1) is 12.0. The number of carbonyl (C=O) groups is 2. The molecule has 0 bridgehead atoms. The highest BCUT2D eigenvalue weighted by Crippen LogP contribution is 2.39. The first-order valence-corrected chi connectivity index (χ1v) is 10.8. The molecule has 0 aromatic rings. The van der Waals surface area contributed by atoms with Crippen LogP contribution in [-0.2, 0) is 19.2 Å². The SMILES string of the molecule is CCSC(=S)SC(C)(CC(CC(C)CC)C(=O)N(C)C)C(C)=O.O=C=O. The molecule has 0 N–H and O–H groups in total. The van der Waals surface area contributed by atoms with Crippen LogP contribution in [0.3, 0.4) is 0 Å². The molecule has 3 atom stereocenters. The van der Waals surface area contributed by atoms with Crippen molar-refractivity contribution in [3.63, 3.8) is 0 Å². The molecule has 5 nitrogen and oxygen atoms in total. The summed E-state index contributed by atoms with van der Waals surface area (Å²) in [6.45, 7) is 9.87. The van der Waals surface area contributed by atoms with Crippen LogP contribution in [0.5, 0.6) is 0 Å². The van der Waals surface area contributed by atoms with Crippen LogP contribution in [0.4, 0.5) is 0 Å². The van der Waals surface area contributed by atoms with Gasteiger partial charge in [-0.3, -0.25) is 9.59 Å². The minimum atomic E-state index is -0.636. The second kappa shape index (κ2) is 14.4. The Morgan fingerprint density at radius 2 is 1.73 bits per heavy atom. The maximum absolute atomic E-state index is 12.6. The van der Waals surface area contributed by atoms with Crippen LogP contribution in [-0.4, -0.2) is 50.9 Å². The van der Waals surface area contributed by atoms with Gasteiger partial charge in [0.05, 0.1) is 4.75 Å². The zero-order valence-corrected chi connectivity index (χ0v) is 19.2. The predicted molar refractivity (Wildman–Crippen MR) is 113 cm³/mol. The Morgan fingerprint density at radius 1 is 1.23 bits per heavy atom. The summed E-state index contributed by atoms with van der Waals surface area (Å²) in [5.41, 5.74) is 0. The lowest BCUT2D eigenvalue weighted by atomic mass is 9.84. The van der Waals surface area contributed by atoms with Gasteiger partial charge in [0.25, 0.3) is 0 Å². The minimum absolute atomic E-state index is 0.0854. The molecular weight excluding hydrogens is 390 g/mol. The molecule has 0 aromatic carbocycles. The second-order valence-corrected chi connectivity index (χ2v) is 10.5. The number of nitrogens with zero attached hydrogens (tertiary/aromatic N) is 1. The molecule has 0 aliphatic carbocycles. The number of thiocarbonyl (C=S) groups is 1. The van der Waals surface area contributed by atoms with E-state index in [9.17, 15) is 9.59 Å². The normalized spacial score (nSPS) is 14.7. The summed E-state index contributed by atoms with van der Waals surface area (Å²) in [5.74, 6) is 1.40. The van der Waals surface area contributed by atoms with Gasteiger partial charge < -0.3 is 4.90 Å². The number of rotatable bonds is 9. The fraction of sp³-hybridized carbons (Fsp3) is 0.778. The first kappa shape index (κ1) is 27.5. The number of hydrogen-bond acceptors (Lipinski definition) is 7. The third kappa shape index (κ3) is 11.1. The van der Waals surface area contributed by atoms with Gasteiger partial charge in [-0.25, -0.2) is 0 Å². The van der Waals surface area contributed by atoms with Gasteiger partial charge in [-0.2, -0.15) is 9.59 Å². The average Bonchev–Trinajstić information content (AvgIpc) is 2.53. The number of carbonyl (C=O) groups excluding carboxylic acids is 4. The summed E-state index contributed by atoms with van der Waals surface area (Å²) in [5, 5.41) is 0. The monoisotopic (exact) mass is 421 g/mol. The minimum Gasteiger partial charge on any atom is -0.349 e. The van der Waals surface area contributed by atoms with Crippen LogP contribution in [0.25, 0.3) is 0 Å². The van der Waals surface area contributed by atoms with Crippen LogP contribution in [0, 0.1) is 11.8 Å². The summed E-state index contributed by atoms with van der Waals surface area (Å²) in [4.78, 5) is 42.7. The smallest absolute Gasteiger partial charge is 0.349 e. The Labute approximate surface area is 171 Å². The summed E-state index contributed by atoms with van der Waals surface area (Å²) >= 11 is 8.41. The van der Waals surface area contributed by atoms with Crippen LogP contribution in [0.1, 0.15) is 53.9 Å². The molecule has 0 saturated heterocycles. The molecule has 3 unspecified atom stereocenters. The van der Waals surface area contributed by atoms with E-state index in [-0.39, 0.29) is 23.8 Å². The van der Waals surface area contributed by atoms with Crippen molar-refractivity contribution in [1.29, 1.82) is 0 Å². The highest BCUT2D eigenvalue weighted by atomic mass is 32.2. The molecule has 0 aromatic heterocycles. The molecule has 0 saturated carbocycles. The van der Waals surface area contributed by atoms with Crippen molar-refractivity contribution in [2.75, 3.05) is 19.8 Å². The lowest BCUT2D eigenvalue weighted by molar-refractivity contribution is -0.191. The highest BCUT2D eigenvalue weighted by molar-refractivity contribution is 8.47. The van der Waals surface area contributed by atoms with E-state index < -0.39 is 4.75 Å². The average molecular weight is 422 g/mol. The summed E-state index contributed by atoms with van der Waals surface area (Å²) in [6, 6.07) is 0. The van der Waals surface area contributed by atoms with Crippen molar-refractivity contribution in [3.05, 3.63) is 0 Å². The van der Waals surface area contributed by atoms with Crippen molar-refractivity contribution < 1.29 is 19.2 Å². The zero-order valence-electron chi connectivity index (χ0n) is 16.8. The third-order valence-corrected chi connectivity index (χ3v) is 6.93. The fourth-order valence-corrected chi connectivity index (χ4v) is 5.43. The standard InChI is InChI=1S/C17H31NO2S3.CO2/c1-8-12(3)10-14(15(20)18(6)7)11-17(5,13(4)19)23-16(21)22-9-2;2-1-3/h12,14H,8-11H2,1-7H3;. The molecule has 0 fully saturated rings.